The van der Waals surface area contributed by atoms with Crippen molar-refractivity contribution in [3.05, 3.63) is 42.1 Å². The largest absolute Gasteiger partial charge is 0.467 e. The second-order valence-electron chi connectivity index (χ2n) is 4.28. The van der Waals surface area contributed by atoms with E-state index in [9.17, 15) is 5.11 Å². The molecule has 4 heteroatoms. The van der Waals surface area contributed by atoms with Crippen LogP contribution >= 0.6 is 0 Å². The van der Waals surface area contributed by atoms with E-state index in [1.165, 1.54) is 0 Å². The van der Waals surface area contributed by atoms with E-state index < -0.39 is 6.10 Å². The average Bonchev–Trinajstić information content (AvgIpc) is 2.98. The number of aliphatic hydroxyl groups excluding tert-OH is 1. The number of hydrogen-bond acceptors (Lipinski definition) is 3. The quantitative estimate of drug-likeness (QED) is 0.865. The number of hydrogen-bond donors (Lipinski definition) is 1. The zero-order valence-electron chi connectivity index (χ0n) is 10.2. The van der Waals surface area contributed by atoms with Crippen molar-refractivity contribution in [3.63, 3.8) is 0 Å². The first-order valence-electron chi connectivity index (χ1n) is 5.96. The molecule has 2 aromatic rings. The minimum absolute atomic E-state index is 0.393. The fourth-order valence-electron chi connectivity index (χ4n) is 1.70. The molecule has 0 aromatic carbocycles. The van der Waals surface area contributed by atoms with Crippen LogP contribution in [0.15, 0.2) is 35.1 Å². The third kappa shape index (κ3) is 2.77. The minimum Gasteiger partial charge on any atom is -0.467 e. The number of aromatic nitrogens is 2. The molecule has 0 radical (unpaired) electrons. The number of nitrogens with zero attached hydrogens (tertiary/aromatic N) is 2. The molecular weight excluding hydrogens is 216 g/mol. The normalized spacial score (nSPS) is 14.8. The van der Waals surface area contributed by atoms with Gasteiger partial charge in [0.2, 0.25) is 0 Å². The van der Waals surface area contributed by atoms with Crippen LogP contribution < -0.4 is 0 Å². The Morgan fingerprint density at radius 1 is 1.47 bits per heavy atom. The lowest BCUT2D eigenvalue weighted by molar-refractivity contribution is 0.148. The Labute approximate surface area is 101 Å². The van der Waals surface area contributed by atoms with Gasteiger partial charge in [-0.25, -0.2) is 0 Å². The molecular formula is C13H18N2O2. The molecule has 0 aliphatic carbocycles. The zero-order valence-corrected chi connectivity index (χ0v) is 10.2. The predicted octanol–water partition coefficient (Wildman–Crippen LogP) is 2.72. The standard InChI is InChI=1S/C13H18N2O2/c1-3-10(2)15-7-6-11(14-15)9-12(16)13-5-4-8-17-13/h4-8,10,12,16H,3,9H2,1-2H3. The van der Waals surface area contributed by atoms with Crippen molar-refractivity contribution < 1.29 is 9.52 Å². The number of aliphatic hydroxyl groups is 1. The van der Waals surface area contributed by atoms with Crippen molar-refractivity contribution in [1.29, 1.82) is 0 Å². The fraction of sp³-hybridized carbons (Fsp3) is 0.462. The summed E-state index contributed by atoms with van der Waals surface area (Å²) in [7, 11) is 0. The van der Waals surface area contributed by atoms with Crippen LogP contribution in [0, 0.1) is 0 Å². The van der Waals surface area contributed by atoms with E-state index in [1.54, 1.807) is 18.4 Å². The molecule has 92 valence electrons. The van der Waals surface area contributed by atoms with Crippen molar-refractivity contribution in [1.82, 2.24) is 9.78 Å². The van der Waals surface area contributed by atoms with Gasteiger partial charge in [-0.3, -0.25) is 4.68 Å². The van der Waals surface area contributed by atoms with E-state index in [0.717, 1.165) is 12.1 Å². The Morgan fingerprint density at radius 3 is 2.94 bits per heavy atom. The van der Waals surface area contributed by atoms with E-state index in [0.29, 0.717) is 18.2 Å². The van der Waals surface area contributed by atoms with Gasteiger partial charge in [0, 0.05) is 18.7 Å². The summed E-state index contributed by atoms with van der Waals surface area (Å²) >= 11 is 0. The Balaban J connectivity index is 2.02. The van der Waals surface area contributed by atoms with Crippen molar-refractivity contribution in [2.45, 2.75) is 38.8 Å². The van der Waals surface area contributed by atoms with Gasteiger partial charge in [0.15, 0.2) is 0 Å². The summed E-state index contributed by atoms with van der Waals surface area (Å²) in [5, 5.41) is 14.4. The molecule has 0 spiro atoms. The van der Waals surface area contributed by atoms with Gasteiger partial charge in [0.1, 0.15) is 11.9 Å². The monoisotopic (exact) mass is 234 g/mol. The summed E-state index contributed by atoms with van der Waals surface area (Å²) in [6.07, 6.45) is 4.43. The summed E-state index contributed by atoms with van der Waals surface area (Å²) in [5.41, 5.74) is 0.884. The van der Waals surface area contributed by atoms with E-state index in [2.05, 4.69) is 18.9 Å². The molecule has 0 aliphatic rings. The molecule has 2 unspecified atom stereocenters. The minimum atomic E-state index is -0.620. The Bertz CT molecular complexity index is 448. The van der Waals surface area contributed by atoms with Crippen LogP contribution in [-0.4, -0.2) is 14.9 Å². The number of furan rings is 1. The maximum atomic E-state index is 9.92. The van der Waals surface area contributed by atoms with Crippen LogP contribution in [0.4, 0.5) is 0 Å². The summed E-state index contributed by atoms with van der Waals surface area (Å²) in [6.45, 7) is 4.25. The molecule has 0 bridgehead atoms. The van der Waals surface area contributed by atoms with E-state index >= 15 is 0 Å². The summed E-state index contributed by atoms with van der Waals surface area (Å²) in [5.74, 6) is 0.586. The zero-order chi connectivity index (χ0) is 12.3. The van der Waals surface area contributed by atoms with E-state index in [-0.39, 0.29) is 0 Å². The molecule has 2 aromatic heterocycles. The van der Waals surface area contributed by atoms with Crippen LogP contribution in [0.2, 0.25) is 0 Å². The Morgan fingerprint density at radius 2 is 2.29 bits per heavy atom. The average molecular weight is 234 g/mol. The molecule has 0 amide bonds. The molecule has 0 aliphatic heterocycles. The Kier molecular flexibility index (Phi) is 3.64. The second kappa shape index (κ2) is 5.19. The van der Waals surface area contributed by atoms with Gasteiger partial charge < -0.3 is 9.52 Å². The van der Waals surface area contributed by atoms with Crippen LogP contribution in [0.3, 0.4) is 0 Å². The van der Waals surface area contributed by atoms with Gasteiger partial charge in [0.05, 0.1) is 12.0 Å². The summed E-state index contributed by atoms with van der Waals surface area (Å²) in [4.78, 5) is 0. The Hall–Kier alpha value is -1.55. The first kappa shape index (κ1) is 11.9. The maximum absolute atomic E-state index is 9.92. The fourth-order valence-corrected chi connectivity index (χ4v) is 1.70. The van der Waals surface area contributed by atoms with Crippen LogP contribution in [-0.2, 0) is 6.42 Å². The van der Waals surface area contributed by atoms with Crippen molar-refractivity contribution >= 4 is 0 Å². The van der Waals surface area contributed by atoms with Crippen LogP contribution in [0.25, 0.3) is 0 Å². The maximum Gasteiger partial charge on any atom is 0.132 e. The SMILES string of the molecule is CCC(C)n1ccc(CC(O)c2ccco2)n1. The molecule has 4 nitrogen and oxygen atoms in total. The second-order valence-corrected chi connectivity index (χ2v) is 4.28. The van der Waals surface area contributed by atoms with Crippen molar-refractivity contribution in [3.8, 4) is 0 Å². The predicted molar refractivity (Wildman–Crippen MR) is 64.6 cm³/mol. The van der Waals surface area contributed by atoms with Crippen molar-refractivity contribution in [2.75, 3.05) is 0 Å². The highest BCUT2D eigenvalue weighted by atomic mass is 16.4. The molecule has 2 heterocycles. The van der Waals surface area contributed by atoms with Gasteiger partial charge in [-0.05, 0) is 31.5 Å². The highest BCUT2D eigenvalue weighted by Gasteiger charge is 2.13. The first-order valence-corrected chi connectivity index (χ1v) is 5.96. The molecule has 2 rings (SSSR count). The van der Waals surface area contributed by atoms with E-state index in [1.807, 2.05) is 16.9 Å². The molecule has 1 N–H and O–H groups in total. The highest BCUT2D eigenvalue weighted by molar-refractivity contribution is 5.08. The molecule has 17 heavy (non-hydrogen) atoms. The summed E-state index contributed by atoms with van der Waals surface area (Å²) < 4.78 is 7.09. The van der Waals surface area contributed by atoms with Crippen LogP contribution in [0.5, 0.6) is 0 Å². The van der Waals surface area contributed by atoms with Gasteiger partial charge in [-0.1, -0.05) is 6.92 Å². The smallest absolute Gasteiger partial charge is 0.132 e. The summed E-state index contributed by atoms with van der Waals surface area (Å²) in [6, 6.07) is 5.88. The van der Waals surface area contributed by atoms with Crippen LogP contribution in [0.1, 0.15) is 43.9 Å². The van der Waals surface area contributed by atoms with Gasteiger partial charge >= 0.3 is 0 Å². The third-order valence-corrected chi connectivity index (χ3v) is 2.98. The molecule has 2 atom stereocenters. The molecule has 0 fully saturated rings. The van der Waals surface area contributed by atoms with E-state index in [4.69, 9.17) is 4.42 Å². The van der Waals surface area contributed by atoms with Gasteiger partial charge in [-0.2, -0.15) is 5.10 Å². The number of rotatable bonds is 5. The molecule has 0 saturated carbocycles. The lowest BCUT2D eigenvalue weighted by Gasteiger charge is -2.09. The van der Waals surface area contributed by atoms with Gasteiger partial charge in [0.25, 0.3) is 0 Å². The first-order chi connectivity index (χ1) is 8.20. The van der Waals surface area contributed by atoms with Gasteiger partial charge in [-0.15, -0.1) is 0 Å². The topological polar surface area (TPSA) is 51.2 Å². The highest BCUT2D eigenvalue weighted by Crippen LogP contribution is 2.18. The third-order valence-electron chi connectivity index (χ3n) is 2.98. The lowest BCUT2D eigenvalue weighted by atomic mass is 10.1. The molecule has 0 saturated heterocycles. The van der Waals surface area contributed by atoms with Crippen molar-refractivity contribution in [2.24, 2.45) is 0 Å². The lowest BCUT2D eigenvalue weighted by Crippen LogP contribution is -2.06.